The van der Waals surface area contributed by atoms with Gasteiger partial charge in [-0.3, -0.25) is 4.79 Å². The van der Waals surface area contributed by atoms with E-state index < -0.39 is 5.82 Å². The Morgan fingerprint density at radius 2 is 2.16 bits per heavy atom. The smallest absolute Gasteiger partial charge is 0.259 e. The van der Waals surface area contributed by atoms with Gasteiger partial charge >= 0.3 is 0 Å². The largest absolute Gasteiger partial charge is 0.481 e. The molecule has 1 aromatic rings. The standard InChI is InChI=1S/C14H21FN2O2/c1-5-16-10(2)11-6-7-13(12(15)8-11)19-9-14(18)17(3)4/h6-8,10,16H,5,9H2,1-4H3. The first-order chi connectivity index (χ1) is 8.95. The molecule has 0 saturated carbocycles. The summed E-state index contributed by atoms with van der Waals surface area (Å²) in [7, 11) is 3.26. The summed E-state index contributed by atoms with van der Waals surface area (Å²) in [5.74, 6) is -0.555. The van der Waals surface area contributed by atoms with Crippen LogP contribution in [0.25, 0.3) is 0 Å². The van der Waals surface area contributed by atoms with Gasteiger partial charge < -0.3 is 15.0 Å². The first-order valence-corrected chi connectivity index (χ1v) is 6.31. The van der Waals surface area contributed by atoms with Gasteiger partial charge in [0, 0.05) is 20.1 Å². The van der Waals surface area contributed by atoms with E-state index in [2.05, 4.69) is 5.32 Å². The van der Waals surface area contributed by atoms with Crippen molar-refractivity contribution >= 4 is 5.91 Å². The first kappa shape index (κ1) is 15.4. The van der Waals surface area contributed by atoms with Crippen LogP contribution in [0.4, 0.5) is 4.39 Å². The highest BCUT2D eigenvalue weighted by atomic mass is 19.1. The van der Waals surface area contributed by atoms with E-state index in [1.165, 1.54) is 11.0 Å². The number of amides is 1. The molecule has 0 aliphatic carbocycles. The third-order valence-corrected chi connectivity index (χ3v) is 2.82. The van der Waals surface area contributed by atoms with Crippen LogP contribution in [0.1, 0.15) is 25.5 Å². The average molecular weight is 268 g/mol. The number of hydrogen-bond acceptors (Lipinski definition) is 3. The van der Waals surface area contributed by atoms with Crippen LogP contribution in [0.3, 0.4) is 0 Å². The maximum atomic E-state index is 13.8. The van der Waals surface area contributed by atoms with Crippen molar-refractivity contribution in [2.45, 2.75) is 19.9 Å². The molecular weight excluding hydrogens is 247 g/mol. The van der Waals surface area contributed by atoms with Crippen LogP contribution in [0, 0.1) is 5.82 Å². The Bertz CT molecular complexity index is 435. The van der Waals surface area contributed by atoms with Gasteiger partial charge in [0.2, 0.25) is 0 Å². The highest BCUT2D eigenvalue weighted by Crippen LogP contribution is 2.22. The minimum absolute atomic E-state index is 0.0805. The monoisotopic (exact) mass is 268 g/mol. The predicted octanol–water partition coefficient (Wildman–Crippen LogP) is 1.96. The topological polar surface area (TPSA) is 41.6 Å². The number of rotatable bonds is 6. The minimum atomic E-state index is -0.450. The molecule has 0 fully saturated rings. The fourth-order valence-electron chi connectivity index (χ4n) is 1.60. The molecule has 19 heavy (non-hydrogen) atoms. The Balaban J connectivity index is 2.69. The lowest BCUT2D eigenvalue weighted by Gasteiger charge is -2.15. The molecule has 0 radical (unpaired) electrons. The number of hydrogen-bond donors (Lipinski definition) is 1. The normalized spacial score (nSPS) is 12.1. The van der Waals surface area contributed by atoms with Crippen molar-refractivity contribution in [3.8, 4) is 5.75 Å². The molecule has 1 unspecified atom stereocenters. The van der Waals surface area contributed by atoms with E-state index in [1.54, 1.807) is 26.2 Å². The zero-order chi connectivity index (χ0) is 14.4. The van der Waals surface area contributed by atoms with Gasteiger partial charge in [-0.15, -0.1) is 0 Å². The number of nitrogens with zero attached hydrogens (tertiary/aromatic N) is 1. The lowest BCUT2D eigenvalue weighted by atomic mass is 10.1. The Morgan fingerprint density at radius 1 is 1.47 bits per heavy atom. The number of carbonyl (C=O) groups excluding carboxylic acids is 1. The Labute approximate surface area is 113 Å². The third-order valence-electron chi connectivity index (χ3n) is 2.82. The molecule has 0 bridgehead atoms. The van der Waals surface area contributed by atoms with Crippen molar-refractivity contribution in [1.29, 1.82) is 0 Å². The summed E-state index contributed by atoms with van der Waals surface area (Å²) < 4.78 is 19.0. The Morgan fingerprint density at radius 3 is 2.68 bits per heavy atom. The second-order valence-corrected chi connectivity index (χ2v) is 4.55. The van der Waals surface area contributed by atoms with Crippen molar-refractivity contribution in [1.82, 2.24) is 10.2 Å². The molecule has 1 atom stereocenters. The van der Waals surface area contributed by atoms with Crippen LogP contribution >= 0.6 is 0 Å². The summed E-state index contributed by atoms with van der Waals surface area (Å²) in [5, 5.41) is 3.21. The van der Waals surface area contributed by atoms with E-state index in [9.17, 15) is 9.18 Å². The molecule has 5 heteroatoms. The van der Waals surface area contributed by atoms with Gasteiger partial charge in [0.25, 0.3) is 5.91 Å². The number of nitrogens with one attached hydrogen (secondary N) is 1. The van der Waals surface area contributed by atoms with Crippen molar-refractivity contribution in [3.05, 3.63) is 29.6 Å². The molecule has 0 heterocycles. The van der Waals surface area contributed by atoms with Gasteiger partial charge in [0.1, 0.15) is 0 Å². The lowest BCUT2D eigenvalue weighted by molar-refractivity contribution is -0.130. The Hall–Kier alpha value is -1.62. The maximum absolute atomic E-state index is 13.8. The van der Waals surface area contributed by atoms with Crippen LogP contribution in [0.2, 0.25) is 0 Å². The second-order valence-electron chi connectivity index (χ2n) is 4.55. The summed E-state index contributed by atoms with van der Waals surface area (Å²) in [6, 6.07) is 4.87. The third kappa shape index (κ3) is 4.52. The summed E-state index contributed by atoms with van der Waals surface area (Å²) in [5.41, 5.74) is 0.852. The minimum Gasteiger partial charge on any atom is -0.481 e. The molecule has 4 nitrogen and oxygen atoms in total. The van der Waals surface area contributed by atoms with Crippen LogP contribution in [-0.2, 0) is 4.79 Å². The number of ether oxygens (including phenoxy) is 1. The molecule has 1 rings (SSSR count). The number of likely N-dealkylation sites (N-methyl/N-ethyl adjacent to an activating group) is 1. The van der Waals surface area contributed by atoms with Gasteiger partial charge in [0.15, 0.2) is 18.2 Å². The fraction of sp³-hybridized carbons (Fsp3) is 0.500. The van der Waals surface area contributed by atoms with Crippen LogP contribution in [-0.4, -0.2) is 38.1 Å². The zero-order valence-electron chi connectivity index (χ0n) is 11.9. The van der Waals surface area contributed by atoms with Gasteiger partial charge in [-0.25, -0.2) is 4.39 Å². The van der Waals surface area contributed by atoms with E-state index in [0.717, 1.165) is 12.1 Å². The molecule has 0 aliphatic heterocycles. The molecular formula is C14H21FN2O2. The molecule has 1 amide bonds. The van der Waals surface area contributed by atoms with Crippen molar-refractivity contribution in [2.75, 3.05) is 27.2 Å². The van der Waals surface area contributed by atoms with Gasteiger partial charge in [0.05, 0.1) is 0 Å². The summed E-state index contributed by atoms with van der Waals surface area (Å²) >= 11 is 0. The van der Waals surface area contributed by atoms with Crippen molar-refractivity contribution in [2.24, 2.45) is 0 Å². The van der Waals surface area contributed by atoms with Crippen molar-refractivity contribution in [3.63, 3.8) is 0 Å². The van der Waals surface area contributed by atoms with Gasteiger partial charge in [-0.1, -0.05) is 13.0 Å². The molecule has 0 aromatic heterocycles. The summed E-state index contributed by atoms with van der Waals surface area (Å²) in [4.78, 5) is 12.8. The number of benzene rings is 1. The number of carbonyl (C=O) groups is 1. The average Bonchev–Trinajstić information content (AvgIpc) is 2.36. The highest BCUT2D eigenvalue weighted by Gasteiger charge is 2.11. The van der Waals surface area contributed by atoms with Crippen molar-refractivity contribution < 1.29 is 13.9 Å². The van der Waals surface area contributed by atoms with E-state index in [-0.39, 0.29) is 24.3 Å². The molecule has 0 spiro atoms. The zero-order valence-corrected chi connectivity index (χ0v) is 11.9. The predicted molar refractivity (Wildman–Crippen MR) is 72.7 cm³/mol. The lowest BCUT2D eigenvalue weighted by Crippen LogP contribution is -2.27. The molecule has 0 aliphatic rings. The van der Waals surface area contributed by atoms with Gasteiger partial charge in [-0.05, 0) is 31.2 Å². The van der Waals surface area contributed by atoms with E-state index in [4.69, 9.17) is 4.74 Å². The van der Waals surface area contributed by atoms with E-state index in [1.807, 2.05) is 13.8 Å². The number of halogens is 1. The summed E-state index contributed by atoms with van der Waals surface area (Å²) in [6.07, 6.45) is 0. The van der Waals surface area contributed by atoms with Crippen LogP contribution in [0.5, 0.6) is 5.75 Å². The molecule has 1 aromatic carbocycles. The van der Waals surface area contributed by atoms with Gasteiger partial charge in [-0.2, -0.15) is 0 Å². The summed E-state index contributed by atoms with van der Waals surface area (Å²) in [6.45, 7) is 4.62. The quantitative estimate of drug-likeness (QED) is 0.857. The van der Waals surface area contributed by atoms with E-state index >= 15 is 0 Å². The molecule has 106 valence electrons. The van der Waals surface area contributed by atoms with E-state index in [0.29, 0.717) is 0 Å². The molecule has 0 saturated heterocycles. The molecule has 1 N–H and O–H groups in total. The van der Waals surface area contributed by atoms with Crippen LogP contribution in [0.15, 0.2) is 18.2 Å². The fourth-order valence-corrected chi connectivity index (χ4v) is 1.60. The highest BCUT2D eigenvalue weighted by molar-refractivity contribution is 5.77. The SMILES string of the molecule is CCNC(C)c1ccc(OCC(=O)N(C)C)c(F)c1. The Kier molecular flexibility index (Phi) is 5.76. The maximum Gasteiger partial charge on any atom is 0.259 e. The van der Waals surface area contributed by atoms with Crippen LogP contribution < -0.4 is 10.1 Å². The second kappa shape index (κ2) is 7.09. The first-order valence-electron chi connectivity index (χ1n) is 6.31.